The Morgan fingerprint density at radius 1 is 0.909 bits per heavy atom. The summed E-state index contributed by atoms with van der Waals surface area (Å²) in [6, 6.07) is 14.8. The molecule has 1 fully saturated rings. The monoisotopic (exact) mass is 316 g/mol. The minimum atomic E-state index is -3.41. The molecular formula is C18H20O3S. The van der Waals surface area contributed by atoms with Crippen LogP contribution in [0, 0.1) is 19.8 Å². The molecule has 1 N–H and O–H groups in total. The molecule has 1 saturated carbocycles. The molecule has 0 spiro atoms. The molecule has 0 radical (unpaired) electrons. The van der Waals surface area contributed by atoms with Gasteiger partial charge in [0.25, 0.3) is 0 Å². The van der Waals surface area contributed by atoms with Gasteiger partial charge in [0.15, 0.2) is 9.84 Å². The van der Waals surface area contributed by atoms with Crippen LogP contribution in [0.5, 0.6) is 0 Å². The molecule has 0 heterocycles. The molecular weight excluding hydrogens is 296 g/mol. The van der Waals surface area contributed by atoms with E-state index in [2.05, 4.69) is 0 Å². The first-order chi connectivity index (χ1) is 10.4. The van der Waals surface area contributed by atoms with E-state index in [-0.39, 0.29) is 18.4 Å². The van der Waals surface area contributed by atoms with Gasteiger partial charge in [0.05, 0.1) is 10.1 Å². The first kappa shape index (κ1) is 15.3. The van der Waals surface area contributed by atoms with Gasteiger partial charge in [-0.25, -0.2) is 8.42 Å². The average Bonchev–Trinajstić information content (AvgIpc) is 3.24. The highest BCUT2D eigenvalue weighted by atomic mass is 32.2. The van der Waals surface area contributed by atoms with E-state index in [0.717, 1.165) is 16.7 Å². The number of hydrogen-bond acceptors (Lipinski definition) is 3. The van der Waals surface area contributed by atoms with Gasteiger partial charge in [-0.15, -0.1) is 0 Å². The molecule has 3 nitrogen and oxygen atoms in total. The standard InChI is InChI=1S/C18H20O3S/c1-12-3-7-14(8-4-12)17-16(11-19)18(17)22(20,21)15-9-5-13(2)6-10-15/h3-10,16-19H,11H2,1-2H3/t16-,17+,18+/m1/s1. The Morgan fingerprint density at radius 3 is 1.91 bits per heavy atom. The molecule has 0 bridgehead atoms. The second kappa shape index (κ2) is 5.52. The molecule has 2 aromatic carbocycles. The van der Waals surface area contributed by atoms with Gasteiger partial charge in [0.1, 0.15) is 0 Å². The predicted octanol–water partition coefficient (Wildman–Crippen LogP) is 2.85. The van der Waals surface area contributed by atoms with E-state index >= 15 is 0 Å². The van der Waals surface area contributed by atoms with E-state index < -0.39 is 15.1 Å². The summed E-state index contributed by atoms with van der Waals surface area (Å²) in [4.78, 5) is 0.344. The summed E-state index contributed by atoms with van der Waals surface area (Å²) in [7, 11) is -3.41. The first-order valence-corrected chi connectivity index (χ1v) is 8.98. The number of rotatable bonds is 4. The molecule has 4 heteroatoms. The van der Waals surface area contributed by atoms with Crippen molar-refractivity contribution in [1.29, 1.82) is 0 Å². The molecule has 2 aromatic rings. The molecule has 3 atom stereocenters. The second-order valence-electron chi connectivity index (χ2n) is 6.11. The lowest BCUT2D eigenvalue weighted by Crippen LogP contribution is -2.11. The lowest BCUT2D eigenvalue weighted by molar-refractivity contribution is 0.274. The summed E-state index contributed by atoms with van der Waals surface area (Å²) in [5.41, 5.74) is 3.16. The van der Waals surface area contributed by atoms with E-state index in [9.17, 15) is 13.5 Å². The van der Waals surface area contributed by atoms with E-state index in [4.69, 9.17) is 0 Å². The van der Waals surface area contributed by atoms with Crippen LogP contribution in [0.1, 0.15) is 22.6 Å². The fourth-order valence-electron chi connectivity index (χ4n) is 3.09. The van der Waals surface area contributed by atoms with Crippen LogP contribution in [0.4, 0.5) is 0 Å². The summed E-state index contributed by atoms with van der Waals surface area (Å²) in [6.45, 7) is 3.83. The molecule has 0 aliphatic heterocycles. The molecule has 1 aliphatic carbocycles. The van der Waals surface area contributed by atoms with E-state index in [1.54, 1.807) is 12.1 Å². The zero-order chi connectivity index (χ0) is 15.9. The molecule has 22 heavy (non-hydrogen) atoms. The van der Waals surface area contributed by atoms with E-state index in [1.165, 1.54) is 0 Å². The summed E-state index contributed by atoms with van der Waals surface area (Å²) in [6.07, 6.45) is 0. The zero-order valence-electron chi connectivity index (χ0n) is 12.7. The van der Waals surface area contributed by atoms with Crippen LogP contribution < -0.4 is 0 Å². The third-order valence-corrected chi connectivity index (χ3v) is 6.77. The zero-order valence-corrected chi connectivity index (χ0v) is 13.5. The third-order valence-electron chi connectivity index (χ3n) is 4.48. The van der Waals surface area contributed by atoms with Gasteiger partial charge in [-0.1, -0.05) is 47.5 Å². The van der Waals surface area contributed by atoms with Crippen LogP contribution in [0.25, 0.3) is 0 Å². The minimum Gasteiger partial charge on any atom is -0.396 e. The number of aliphatic hydroxyl groups is 1. The highest BCUT2D eigenvalue weighted by Crippen LogP contribution is 2.53. The summed E-state index contributed by atoms with van der Waals surface area (Å²) in [5, 5.41) is 9.03. The van der Waals surface area contributed by atoms with Crippen LogP contribution in [-0.2, 0) is 9.84 Å². The molecule has 3 rings (SSSR count). The molecule has 0 aromatic heterocycles. The SMILES string of the molecule is Cc1ccc([C@H]2[C@@H](CO)[C@@H]2S(=O)(=O)c2ccc(C)cc2)cc1. The first-order valence-electron chi connectivity index (χ1n) is 7.43. The van der Waals surface area contributed by atoms with Crippen molar-refractivity contribution in [2.75, 3.05) is 6.61 Å². The van der Waals surface area contributed by atoms with Gasteiger partial charge in [0, 0.05) is 18.4 Å². The Balaban J connectivity index is 1.93. The van der Waals surface area contributed by atoms with Crippen molar-refractivity contribution >= 4 is 9.84 Å². The van der Waals surface area contributed by atoms with Crippen molar-refractivity contribution in [2.45, 2.75) is 29.9 Å². The summed E-state index contributed by atoms with van der Waals surface area (Å²) in [5.74, 6) is -0.328. The van der Waals surface area contributed by atoms with Gasteiger partial charge in [-0.2, -0.15) is 0 Å². The Morgan fingerprint density at radius 2 is 1.41 bits per heavy atom. The molecule has 0 saturated heterocycles. The largest absolute Gasteiger partial charge is 0.396 e. The van der Waals surface area contributed by atoms with E-state index in [1.807, 2.05) is 50.2 Å². The van der Waals surface area contributed by atoms with Crippen LogP contribution in [0.2, 0.25) is 0 Å². The maximum atomic E-state index is 12.8. The Kier molecular flexibility index (Phi) is 3.83. The Bertz CT molecular complexity index is 761. The predicted molar refractivity (Wildman–Crippen MR) is 86.6 cm³/mol. The van der Waals surface area contributed by atoms with Crippen molar-refractivity contribution < 1.29 is 13.5 Å². The maximum Gasteiger partial charge on any atom is 0.182 e. The van der Waals surface area contributed by atoms with Gasteiger partial charge < -0.3 is 5.11 Å². The Hall–Kier alpha value is -1.65. The number of benzene rings is 2. The average molecular weight is 316 g/mol. The highest BCUT2D eigenvalue weighted by molar-refractivity contribution is 7.92. The topological polar surface area (TPSA) is 54.4 Å². The van der Waals surface area contributed by atoms with Crippen molar-refractivity contribution in [3.8, 4) is 0 Å². The fraction of sp³-hybridized carbons (Fsp3) is 0.333. The summed E-state index contributed by atoms with van der Waals surface area (Å²) < 4.78 is 25.6. The van der Waals surface area contributed by atoms with Crippen LogP contribution >= 0.6 is 0 Å². The minimum absolute atomic E-state index is 0.103. The van der Waals surface area contributed by atoms with Crippen LogP contribution in [0.15, 0.2) is 53.4 Å². The number of aliphatic hydroxyl groups excluding tert-OH is 1. The molecule has 1 aliphatic rings. The number of aryl methyl sites for hydroxylation is 2. The lowest BCUT2D eigenvalue weighted by atomic mass is 10.1. The molecule has 0 amide bonds. The second-order valence-corrected chi connectivity index (χ2v) is 8.21. The normalized spacial score (nSPS) is 24.2. The molecule has 116 valence electrons. The van der Waals surface area contributed by atoms with Crippen molar-refractivity contribution in [1.82, 2.24) is 0 Å². The smallest absolute Gasteiger partial charge is 0.182 e. The number of hydrogen-bond donors (Lipinski definition) is 1. The molecule has 0 unspecified atom stereocenters. The number of sulfone groups is 1. The van der Waals surface area contributed by atoms with E-state index in [0.29, 0.717) is 4.90 Å². The van der Waals surface area contributed by atoms with Crippen LogP contribution in [0.3, 0.4) is 0 Å². The van der Waals surface area contributed by atoms with Crippen molar-refractivity contribution in [3.63, 3.8) is 0 Å². The third kappa shape index (κ3) is 2.57. The van der Waals surface area contributed by atoms with Gasteiger partial charge in [0.2, 0.25) is 0 Å². The maximum absolute atomic E-state index is 12.8. The van der Waals surface area contributed by atoms with Crippen molar-refractivity contribution in [2.24, 2.45) is 5.92 Å². The lowest BCUT2D eigenvalue weighted by Gasteiger charge is -2.05. The van der Waals surface area contributed by atoms with Crippen LogP contribution in [-0.4, -0.2) is 25.4 Å². The highest BCUT2D eigenvalue weighted by Gasteiger charge is 2.58. The Labute approximate surface area is 131 Å². The fourth-order valence-corrected chi connectivity index (χ4v) is 5.29. The van der Waals surface area contributed by atoms with Gasteiger partial charge in [-0.05, 0) is 31.5 Å². The van der Waals surface area contributed by atoms with Crippen molar-refractivity contribution in [3.05, 3.63) is 65.2 Å². The van der Waals surface area contributed by atoms with Gasteiger partial charge >= 0.3 is 0 Å². The van der Waals surface area contributed by atoms with Gasteiger partial charge in [-0.3, -0.25) is 0 Å². The quantitative estimate of drug-likeness (QED) is 0.943. The summed E-state index contributed by atoms with van der Waals surface area (Å²) >= 11 is 0.